The number of aromatic nitrogens is 1. The van der Waals surface area contributed by atoms with Crippen LogP contribution in [0.4, 0.5) is 0 Å². The zero-order valence-electron chi connectivity index (χ0n) is 6.19. The predicted molar refractivity (Wildman–Crippen MR) is 41.3 cm³/mol. The molecule has 0 aliphatic heterocycles. The van der Waals surface area contributed by atoms with Gasteiger partial charge in [0.2, 0.25) is 0 Å². The first-order valence-corrected chi connectivity index (χ1v) is 3.03. The largest absolute Gasteiger partial charge is 0.477 e. The standard InChI is InChI=1S/C6H5NO2.CH5N/c8-6(9)5-3-1-2-4-7-5;1-2/h1-4H,(H,8,9);2H2,1H3. The van der Waals surface area contributed by atoms with Gasteiger partial charge in [0.15, 0.2) is 0 Å². The molecule has 0 unspecified atom stereocenters. The highest BCUT2D eigenvalue weighted by Crippen LogP contribution is 1.90. The number of hydrogen-bond acceptors (Lipinski definition) is 3. The zero-order chi connectivity index (χ0) is 8.69. The number of nitrogens with zero attached hydrogens (tertiary/aromatic N) is 1. The lowest BCUT2D eigenvalue weighted by molar-refractivity contribution is 0.0690. The van der Waals surface area contributed by atoms with Crippen molar-refractivity contribution in [1.29, 1.82) is 0 Å². The van der Waals surface area contributed by atoms with E-state index in [0.29, 0.717) is 0 Å². The summed E-state index contributed by atoms with van der Waals surface area (Å²) in [6, 6.07) is 4.76. The summed E-state index contributed by atoms with van der Waals surface area (Å²) in [5.74, 6) is -0.990. The molecule has 60 valence electrons. The van der Waals surface area contributed by atoms with Gasteiger partial charge in [-0.25, -0.2) is 9.78 Å². The fourth-order valence-electron chi connectivity index (χ4n) is 0.489. The van der Waals surface area contributed by atoms with Crippen LogP contribution in [0.1, 0.15) is 10.5 Å². The summed E-state index contributed by atoms with van der Waals surface area (Å²) in [5.41, 5.74) is 4.58. The second-order valence-corrected chi connectivity index (χ2v) is 1.52. The number of aromatic carboxylic acids is 1. The maximum atomic E-state index is 10.1. The molecular formula is C7H10N2O2. The van der Waals surface area contributed by atoms with Crippen LogP contribution in [0.25, 0.3) is 0 Å². The monoisotopic (exact) mass is 154 g/mol. The van der Waals surface area contributed by atoms with E-state index in [9.17, 15) is 4.79 Å². The van der Waals surface area contributed by atoms with Crippen LogP contribution in [0.2, 0.25) is 0 Å². The molecule has 0 aliphatic rings. The molecule has 1 aromatic rings. The van der Waals surface area contributed by atoms with E-state index >= 15 is 0 Å². The molecule has 0 bridgehead atoms. The highest BCUT2D eigenvalue weighted by atomic mass is 16.4. The number of carboxylic acid groups (broad SMARTS) is 1. The molecule has 11 heavy (non-hydrogen) atoms. The lowest BCUT2D eigenvalue weighted by Gasteiger charge is -1.87. The van der Waals surface area contributed by atoms with Crippen molar-refractivity contribution in [3.63, 3.8) is 0 Å². The summed E-state index contributed by atoms with van der Waals surface area (Å²) in [4.78, 5) is 13.7. The van der Waals surface area contributed by atoms with Crippen molar-refractivity contribution in [2.45, 2.75) is 0 Å². The Hall–Kier alpha value is -1.42. The van der Waals surface area contributed by atoms with Gasteiger partial charge in [0.1, 0.15) is 5.69 Å². The molecule has 0 atom stereocenters. The lowest BCUT2D eigenvalue weighted by atomic mass is 10.4. The van der Waals surface area contributed by atoms with Crippen LogP contribution in [0.5, 0.6) is 0 Å². The van der Waals surface area contributed by atoms with E-state index in [1.807, 2.05) is 0 Å². The van der Waals surface area contributed by atoms with Gasteiger partial charge in [0.25, 0.3) is 0 Å². The van der Waals surface area contributed by atoms with Crippen molar-refractivity contribution in [3.05, 3.63) is 30.1 Å². The van der Waals surface area contributed by atoms with Crippen LogP contribution in [-0.4, -0.2) is 23.1 Å². The van der Waals surface area contributed by atoms with E-state index in [0.717, 1.165) is 0 Å². The van der Waals surface area contributed by atoms with E-state index in [2.05, 4.69) is 10.7 Å². The summed E-state index contributed by atoms with van der Waals surface area (Å²) in [5, 5.41) is 8.32. The van der Waals surface area contributed by atoms with Crippen LogP contribution in [-0.2, 0) is 0 Å². The molecular weight excluding hydrogens is 144 g/mol. The zero-order valence-corrected chi connectivity index (χ0v) is 6.19. The second-order valence-electron chi connectivity index (χ2n) is 1.52. The van der Waals surface area contributed by atoms with Crippen molar-refractivity contribution in [2.75, 3.05) is 7.05 Å². The summed E-state index contributed by atoms with van der Waals surface area (Å²) >= 11 is 0. The minimum absolute atomic E-state index is 0.0810. The lowest BCUT2D eigenvalue weighted by Crippen LogP contribution is -1.97. The highest BCUT2D eigenvalue weighted by Gasteiger charge is 1.98. The van der Waals surface area contributed by atoms with Gasteiger partial charge in [0, 0.05) is 6.20 Å². The molecule has 0 radical (unpaired) electrons. The Bertz CT molecular complexity index is 211. The van der Waals surface area contributed by atoms with Crippen molar-refractivity contribution >= 4 is 5.97 Å². The molecule has 0 spiro atoms. The molecule has 1 heterocycles. The molecule has 0 saturated carbocycles. The topological polar surface area (TPSA) is 76.2 Å². The van der Waals surface area contributed by atoms with Gasteiger partial charge in [-0.2, -0.15) is 0 Å². The SMILES string of the molecule is CN.O=C(O)c1ccccn1. The smallest absolute Gasteiger partial charge is 0.354 e. The first kappa shape index (κ1) is 9.58. The molecule has 0 aliphatic carbocycles. The number of carbonyl (C=O) groups is 1. The Balaban J connectivity index is 0.000000461. The molecule has 0 saturated heterocycles. The van der Waals surface area contributed by atoms with Crippen LogP contribution < -0.4 is 5.73 Å². The third-order valence-corrected chi connectivity index (χ3v) is 0.884. The third kappa shape index (κ3) is 3.32. The molecule has 1 rings (SSSR count). The van der Waals surface area contributed by atoms with E-state index in [-0.39, 0.29) is 5.69 Å². The first-order valence-electron chi connectivity index (χ1n) is 3.03. The summed E-state index contributed by atoms with van der Waals surface area (Å²) in [6.07, 6.45) is 1.45. The molecule has 4 nitrogen and oxygen atoms in total. The Morgan fingerprint density at radius 1 is 1.55 bits per heavy atom. The minimum atomic E-state index is -0.990. The number of carboxylic acids is 1. The Labute approximate surface area is 64.7 Å². The number of nitrogens with two attached hydrogens (primary N) is 1. The fourth-order valence-corrected chi connectivity index (χ4v) is 0.489. The fraction of sp³-hybridized carbons (Fsp3) is 0.143. The van der Waals surface area contributed by atoms with Gasteiger partial charge in [-0.3, -0.25) is 0 Å². The Morgan fingerprint density at radius 2 is 2.18 bits per heavy atom. The van der Waals surface area contributed by atoms with Crippen LogP contribution in [0, 0.1) is 0 Å². The Kier molecular flexibility index (Phi) is 4.68. The van der Waals surface area contributed by atoms with Crippen molar-refractivity contribution in [2.24, 2.45) is 5.73 Å². The highest BCUT2D eigenvalue weighted by molar-refractivity contribution is 5.85. The van der Waals surface area contributed by atoms with Gasteiger partial charge in [-0.15, -0.1) is 0 Å². The molecule has 3 N–H and O–H groups in total. The van der Waals surface area contributed by atoms with Crippen molar-refractivity contribution in [1.82, 2.24) is 4.98 Å². The molecule has 0 fully saturated rings. The maximum Gasteiger partial charge on any atom is 0.354 e. The third-order valence-electron chi connectivity index (χ3n) is 0.884. The average Bonchev–Trinajstić information content (AvgIpc) is 2.10. The second kappa shape index (κ2) is 5.37. The van der Waals surface area contributed by atoms with Crippen molar-refractivity contribution in [3.8, 4) is 0 Å². The van der Waals surface area contributed by atoms with Gasteiger partial charge in [-0.1, -0.05) is 6.07 Å². The van der Waals surface area contributed by atoms with Gasteiger partial charge in [0.05, 0.1) is 0 Å². The van der Waals surface area contributed by atoms with Crippen molar-refractivity contribution < 1.29 is 9.90 Å². The maximum absolute atomic E-state index is 10.1. The first-order chi connectivity index (χ1) is 5.30. The average molecular weight is 154 g/mol. The van der Waals surface area contributed by atoms with E-state index < -0.39 is 5.97 Å². The molecule has 1 aromatic heterocycles. The van der Waals surface area contributed by atoms with Gasteiger partial charge < -0.3 is 10.8 Å². The van der Waals surface area contributed by atoms with E-state index in [1.54, 1.807) is 12.1 Å². The quantitative estimate of drug-likeness (QED) is 0.612. The van der Waals surface area contributed by atoms with E-state index in [4.69, 9.17) is 5.11 Å². The molecule has 0 aromatic carbocycles. The number of pyridine rings is 1. The minimum Gasteiger partial charge on any atom is -0.477 e. The van der Waals surface area contributed by atoms with Gasteiger partial charge in [-0.05, 0) is 19.2 Å². The number of rotatable bonds is 1. The summed E-state index contributed by atoms with van der Waals surface area (Å²) in [6.45, 7) is 0. The van der Waals surface area contributed by atoms with Crippen LogP contribution in [0.3, 0.4) is 0 Å². The summed E-state index contributed by atoms with van der Waals surface area (Å²) < 4.78 is 0. The normalized spacial score (nSPS) is 7.82. The predicted octanol–water partition coefficient (Wildman–Crippen LogP) is 0.355. The summed E-state index contributed by atoms with van der Waals surface area (Å²) in [7, 11) is 1.50. The van der Waals surface area contributed by atoms with Crippen LogP contribution >= 0.6 is 0 Å². The molecule has 4 heteroatoms. The Morgan fingerprint density at radius 3 is 2.45 bits per heavy atom. The number of hydrogen-bond donors (Lipinski definition) is 2. The van der Waals surface area contributed by atoms with Gasteiger partial charge >= 0.3 is 5.97 Å². The van der Waals surface area contributed by atoms with E-state index in [1.165, 1.54) is 19.3 Å². The molecule has 0 amide bonds. The van der Waals surface area contributed by atoms with Crippen LogP contribution in [0.15, 0.2) is 24.4 Å².